The van der Waals surface area contributed by atoms with Crippen LogP contribution in [-0.4, -0.2) is 46.9 Å². The van der Waals surface area contributed by atoms with Crippen LogP contribution in [-0.2, 0) is 4.74 Å². The van der Waals surface area contributed by atoms with E-state index in [0.717, 1.165) is 0 Å². The maximum absolute atomic E-state index is 12.1. The van der Waals surface area contributed by atoms with Crippen molar-refractivity contribution in [3.05, 3.63) is 47.6 Å². The second-order valence-corrected chi connectivity index (χ2v) is 6.12. The van der Waals surface area contributed by atoms with Gasteiger partial charge in [-0.15, -0.1) is 0 Å². The third kappa shape index (κ3) is 3.95. The van der Waals surface area contributed by atoms with Gasteiger partial charge in [0.1, 0.15) is 22.8 Å². The third-order valence-electron chi connectivity index (χ3n) is 4.12. The van der Waals surface area contributed by atoms with E-state index in [2.05, 4.69) is 9.97 Å². The molecule has 0 aliphatic carbocycles. The first-order valence-corrected chi connectivity index (χ1v) is 8.89. The Morgan fingerprint density at radius 2 is 1.93 bits per heavy atom. The van der Waals surface area contributed by atoms with Gasteiger partial charge in [-0.1, -0.05) is 0 Å². The number of carbonyl (C=O) groups is 2. The van der Waals surface area contributed by atoms with Crippen LogP contribution in [0.25, 0.3) is 11.0 Å². The summed E-state index contributed by atoms with van der Waals surface area (Å²) in [5.41, 5.74) is 1.03. The van der Waals surface area contributed by atoms with Gasteiger partial charge in [-0.2, -0.15) is 0 Å². The number of aryl methyl sites for hydroxylation is 1. The predicted octanol–water partition coefficient (Wildman–Crippen LogP) is 3.59. The van der Waals surface area contributed by atoms with E-state index < -0.39 is 5.97 Å². The van der Waals surface area contributed by atoms with Crippen LogP contribution in [0.3, 0.4) is 0 Å². The number of hydrogen-bond acceptors (Lipinski definition) is 7. The van der Waals surface area contributed by atoms with Crippen LogP contribution in [0.15, 0.2) is 35.0 Å². The lowest BCUT2D eigenvalue weighted by molar-refractivity contribution is 0.0525. The monoisotopic (exact) mass is 383 g/mol. The SMILES string of the molecule is CCOC(=O)c1cc(Oc2cnc(C(=O)N(C)CC)cn2)c2cc(C)oc2c1. The lowest BCUT2D eigenvalue weighted by Crippen LogP contribution is -2.27. The van der Waals surface area contributed by atoms with Gasteiger partial charge in [0.15, 0.2) is 0 Å². The van der Waals surface area contributed by atoms with E-state index in [9.17, 15) is 9.59 Å². The van der Waals surface area contributed by atoms with Crippen molar-refractivity contribution >= 4 is 22.8 Å². The summed E-state index contributed by atoms with van der Waals surface area (Å²) in [4.78, 5) is 34.1. The van der Waals surface area contributed by atoms with Crippen LogP contribution in [0.2, 0.25) is 0 Å². The first kappa shape index (κ1) is 19.3. The number of nitrogens with zero attached hydrogens (tertiary/aromatic N) is 3. The number of esters is 1. The number of furan rings is 1. The highest BCUT2D eigenvalue weighted by Gasteiger charge is 2.17. The number of carbonyl (C=O) groups excluding carboxylic acids is 2. The van der Waals surface area contributed by atoms with E-state index >= 15 is 0 Å². The Morgan fingerprint density at radius 1 is 1.14 bits per heavy atom. The summed E-state index contributed by atoms with van der Waals surface area (Å²) in [6.07, 6.45) is 2.73. The van der Waals surface area contributed by atoms with Crippen LogP contribution in [0, 0.1) is 6.92 Å². The van der Waals surface area contributed by atoms with Gasteiger partial charge in [-0.25, -0.2) is 14.8 Å². The summed E-state index contributed by atoms with van der Waals surface area (Å²) in [5, 5.41) is 0.693. The second-order valence-electron chi connectivity index (χ2n) is 6.12. The number of aromatic nitrogens is 2. The smallest absolute Gasteiger partial charge is 0.338 e. The van der Waals surface area contributed by atoms with Gasteiger partial charge in [0.25, 0.3) is 5.91 Å². The molecular formula is C20H21N3O5. The molecule has 0 spiro atoms. The van der Waals surface area contributed by atoms with Gasteiger partial charge in [-0.3, -0.25) is 4.79 Å². The molecule has 0 aliphatic heterocycles. The number of ether oxygens (including phenoxy) is 2. The molecule has 8 heteroatoms. The number of amides is 1. The average Bonchev–Trinajstić information content (AvgIpc) is 3.08. The van der Waals surface area contributed by atoms with Crippen LogP contribution in [0.1, 0.15) is 40.5 Å². The molecule has 0 unspecified atom stereocenters. The van der Waals surface area contributed by atoms with E-state index in [0.29, 0.717) is 34.6 Å². The minimum Gasteiger partial charge on any atom is -0.462 e. The van der Waals surface area contributed by atoms with E-state index in [1.165, 1.54) is 17.3 Å². The maximum Gasteiger partial charge on any atom is 0.338 e. The van der Waals surface area contributed by atoms with Crippen molar-refractivity contribution in [1.82, 2.24) is 14.9 Å². The lowest BCUT2D eigenvalue weighted by atomic mass is 10.1. The molecule has 2 aromatic heterocycles. The average molecular weight is 383 g/mol. The Balaban J connectivity index is 1.92. The Morgan fingerprint density at radius 3 is 2.57 bits per heavy atom. The molecule has 0 atom stereocenters. The van der Waals surface area contributed by atoms with Crippen LogP contribution >= 0.6 is 0 Å². The Kier molecular flexibility index (Phi) is 5.58. The van der Waals surface area contributed by atoms with Gasteiger partial charge in [0.2, 0.25) is 5.88 Å². The van der Waals surface area contributed by atoms with E-state index in [1.54, 1.807) is 39.1 Å². The second kappa shape index (κ2) is 8.08. The highest BCUT2D eigenvalue weighted by molar-refractivity contribution is 5.97. The Bertz CT molecular complexity index is 1010. The Hall–Kier alpha value is -3.42. The first-order valence-electron chi connectivity index (χ1n) is 8.89. The van der Waals surface area contributed by atoms with E-state index in [-0.39, 0.29) is 24.1 Å². The van der Waals surface area contributed by atoms with Crippen molar-refractivity contribution in [2.45, 2.75) is 20.8 Å². The zero-order chi connectivity index (χ0) is 20.3. The Labute approximate surface area is 162 Å². The minimum absolute atomic E-state index is 0.192. The van der Waals surface area contributed by atoms with Gasteiger partial charge in [0.05, 0.1) is 30.0 Å². The van der Waals surface area contributed by atoms with Crippen LogP contribution < -0.4 is 4.74 Å². The van der Waals surface area contributed by atoms with E-state index in [4.69, 9.17) is 13.9 Å². The summed E-state index contributed by atoms with van der Waals surface area (Å²) in [7, 11) is 1.69. The van der Waals surface area contributed by atoms with Crippen molar-refractivity contribution in [1.29, 1.82) is 0 Å². The fraction of sp³-hybridized carbons (Fsp3) is 0.300. The predicted molar refractivity (Wildman–Crippen MR) is 102 cm³/mol. The molecule has 0 N–H and O–H groups in total. The van der Waals surface area contributed by atoms with Crippen molar-refractivity contribution in [2.24, 2.45) is 0 Å². The maximum atomic E-state index is 12.1. The summed E-state index contributed by atoms with van der Waals surface area (Å²) < 4.78 is 16.5. The molecule has 146 valence electrons. The molecular weight excluding hydrogens is 362 g/mol. The van der Waals surface area contributed by atoms with Crippen molar-refractivity contribution in [3.8, 4) is 11.6 Å². The molecule has 0 saturated carbocycles. The molecule has 1 aromatic carbocycles. The van der Waals surface area contributed by atoms with Gasteiger partial charge < -0.3 is 18.8 Å². The quantitative estimate of drug-likeness (QED) is 0.600. The molecule has 0 bridgehead atoms. The molecule has 2 heterocycles. The van der Waals surface area contributed by atoms with Crippen molar-refractivity contribution < 1.29 is 23.5 Å². The van der Waals surface area contributed by atoms with Gasteiger partial charge >= 0.3 is 5.97 Å². The van der Waals surface area contributed by atoms with Gasteiger partial charge in [-0.05, 0) is 39.0 Å². The first-order chi connectivity index (χ1) is 13.4. The fourth-order valence-corrected chi connectivity index (χ4v) is 2.58. The largest absolute Gasteiger partial charge is 0.462 e. The summed E-state index contributed by atoms with van der Waals surface area (Å²) in [6, 6.07) is 4.99. The van der Waals surface area contributed by atoms with Crippen LogP contribution in [0.5, 0.6) is 11.6 Å². The molecule has 1 amide bonds. The summed E-state index contributed by atoms with van der Waals surface area (Å²) >= 11 is 0. The molecule has 28 heavy (non-hydrogen) atoms. The molecule has 3 aromatic rings. The normalized spacial score (nSPS) is 10.7. The zero-order valence-electron chi connectivity index (χ0n) is 16.2. The zero-order valence-corrected chi connectivity index (χ0v) is 16.2. The molecule has 8 nitrogen and oxygen atoms in total. The lowest BCUT2D eigenvalue weighted by Gasteiger charge is -2.13. The molecule has 0 radical (unpaired) electrons. The fourth-order valence-electron chi connectivity index (χ4n) is 2.58. The van der Waals surface area contributed by atoms with Crippen molar-refractivity contribution in [3.63, 3.8) is 0 Å². The number of fused-ring (bicyclic) bond motifs is 1. The molecule has 3 rings (SSSR count). The molecule has 0 saturated heterocycles. The summed E-state index contributed by atoms with van der Waals surface area (Å²) in [5.74, 6) is 0.556. The highest BCUT2D eigenvalue weighted by atomic mass is 16.5. The minimum atomic E-state index is -0.474. The van der Waals surface area contributed by atoms with Crippen molar-refractivity contribution in [2.75, 3.05) is 20.2 Å². The van der Waals surface area contributed by atoms with Gasteiger partial charge in [0, 0.05) is 13.6 Å². The molecule has 0 aliphatic rings. The van der Waals surface area contributed by atoms with Crippen LogP contribution in [0.4, 0.5) is 0 Å². The summed E-state index contributed by atoms with van der Waals surface area (Å²) in [6.45, 7) is 6.24. The molecule has 0 fully saturated rings. The standard InChI is InChI=1S/C20H21N3O5/c1-5-23(4)19(24)15-10-22-18(11-21-15)28-17-9-13(20(25)26-6-2)8-16-14(17)7-12(3)27-16/h7-11H,5-6H2,1-4H3. The number of rotatable bonds is 6. The third-order valence-corrected chi connectivity index (χ3v) is 4.12. The highest BCUT2D eigenvalue weighted by Crippen LogP contribution is 2.33. The number of benzene rings is 1. The number of hydrogen-bond donors (Lipinski definition) is 0. The topological polar surface area (TPSA) is 94.8 Å². The van der Waals surface area contributed by atoms with E-state index in [1.807, 2.05) is 6.92 Å².